The SMILES string of the molecule is CCNC(Cc1ccc(F)c(F)c1)C1COCCO1. The first-order valence-corrected chi connectivity index (χ1v) is 6.57. The second kappa shape index (κ2) is 6.93. The van der Waals surface area contributed by atoms with Gasteiger partial charge in [-0.25, -0.2) is 8.78 Å². The van der Waals surface area contributed by atoms with Crippen molar-refractivity contribution in [3.8, 4) is 0 Å². The third-order valence-electron chi connectivity index (χ3n) is 3.20. The molecule has 5 heteroatoms. The molecule has 1 N–H and O–H groups in total. The highest BCUT2D eigenvalue weighted by atomic mass is 19.2. The summed E-state index contributed by atoms with van der Waals surface area (Å²) in [6, 6.07) is 4.04. The molecule has 2 rings (SSSR count). The van der Waals surface area contributed by atoms with E-state index in [0.717, 1.165) is 18.2 Å². The van der Waals surface area contributed by atoms with Crippen LogP contribution >= 0.6 is 0 Å². The summed E-state index contributed by atoms with van der Waals surface area (Å²) in [5.74, 6) is -1.63. The Morgan fingerprint density at radius 1 is 1.32 bits per heavy atom. The van der Waals surface area contributed by atoms with Crippen molar-refractivity contribution in [1.82, 2.24) is 5.32 Å². The number of ether oxygens (including phenoxy) is 2. The zero-order valence-corrected chi connectivity index (χ0v) is 11.0. The Morgan fingerprint density at radius 3 is 2.79 bits per heavy atom. The van der Waals surface area contributed by atoms with Gasteiger partial charge in [0.25, 0.3) is 0 Å². The number of halogens is 2. The molecule has 0 amide bonds. The van der Waals surface area contributed by atoms with Crippen molar-refractivity contribution < 1.29 is 18.3 Å². The number of nitrogens with one attached hydrogen (secondary N) is 1. The normalized spacial score (nSPS) is 21.3. The lowest BCUT2D eigenvalue weighted by molar-refractivity contribution is -0.101. The molecule has 2 atom stereocenters. The Labute approximate surface area is 111 Å². The van der Waals surface area contributed by atoms with Crippen molar-refractivity contribution in [3.63, 3.8) is 0 Å². The van der Waals surface area contributed by atoms with Gasteiger partial charge < -0.3 is 14.8 Å². The van der Waals surface area contributed by atoms with E-state index in [4.69, 9.17) is 9.47 Å². The minimum Gasteiger partial charge on any atom is -0.376 e. The molecule has 1 fully saturated rings. The average molecular weight is 271 g/mol. The maximum absolute atomic E-state index is 13.2. The highest BCUT2D eigenvalue weighted by Crippen LogP contribution is 2.14. The molecule has 1 aromatic carbocycles. The molecule has 19 heavy (non-hydrogen) atoms. The van der Waals surface area contributed by atoms with Crippen molar-refractivity contribution in [3.05, 3.63) is 35.4 Å². The second-order valence-electron chi connectivity index (χ2n) is 4.60. The average Bonchev–Trinajstić information content (AvgIpc) is 2.43. The van der Waals surface area contributed by atoms with E-state index in [0.29, 0.717) is 26.2 Å². The Bertz CT molecular complexity index is 408. The number of rotatable bonds is 5. The molecule has 0 saturated carbocycles. The van der Waals surface area contributed by atoms with E-state index in [2.05, 4.69) is 5.32 Å². The molecule has 1 heterocycles. The van der Waals surface area contributed by atoms with Crippen LogP contribution in [-0.4, -0.2) is 38.5 Å². The van der Waals surface area contributed by atoms with Crippen molar-refractivity contribution >= 4 is 0 Å². The van der Waals surface area contributed by atoms with Crippen LogP contribution < -0.4 is 5.32 Å². The summed E-state index contributed by atoms with van der Waals surface area (Å²) >= 11 is 0. The Hall–Kier alpha value is -1.04. The van der Waals surface area contributed by atoms with Gasteiger partial charge in [-0.3, -0.25) is 0 Å². The van der Waals surface area contributed by atoms with E-state index in [9.17, 15) is 8.78 Å². The predicted molar refractivity (Wildman–Crippen MR) is 68.1 cm³/mol. The Kier molecular flexibility index (Phi) is 5.24. The standard InChI is InChI=1S/C14H19F2NO2/c1-2-17-13(14-9-18-5-6-19-14)8-10-3-4-11(15)12(16)7-10/h3-4,7,13-14,17H,2,5-6,8-9H2,1H3. The first kappa shape index (κ1) is 14.4. The number of hydrogen-bond acceptors (Lipinski definition) is 3. The van der Waals surface area contributed by atoms with Gasteiger partial charge in [-0.15, -0.1) is 0 Å². The number of likely N-dealkylation sites (N-methyl/N-ethyl adjacent to an activating group) is 1. The highest BCUT2D eigenvalue weighted by Gasteiger charge is 2.24. The quantitative estimate of drug-likeness (QED) is 0.887. The van der Waals surface area contributed by atoms with Crippen molar-refractivity contribution in [2.24, 2.45) is 0 Å². The van der Waals surface area contributed by atoms with E-state index in [1.165, 1.54) is 6.07 Å². The molecule has 0 aliphatic carbocycles. The lowest BCUT2D eigenvalue weighted by atomic mass is 10.0. The van der Waals surface area contributed by atoms with E-state index in [1.807, 2.05) is 6.92 Å². The van der Waals surface area contributed by atoms with Gasteiger partial charge in [0, 0.05) is 6.04 Å². The van der Waals surface area contributed by atoms with Crippen LogP contribution in [0.2, 0.25) is 0 Å². The largest absolute Gasteiger partial charge is 0.376 e. The summed E-state index contributed by atoms with van der Waals surface area (Å²) in [5, 5.41) is 3.31. The molecule has 1 aliphatic rings. The van der Waals surface area contributed by atoms with Crippen LogP contribution in [0.1, 0.15) is 12.5 Å². The Balaban J connectivity index is 2.04. The topological polar surface area (TPSA) is 30.5 Å². The van der Waals surface area contributed by atoms with Gasteiger partial charge in [0.15, 0.2) is 11.6 Å². The van der Waals surface area contributed by atoms with Crippen LogP contribution in [-0.2, 0) is 15.9 Å². The summed E-state index contributed by atoms with van der Waals surface area (Å²) in [7, 11) is 0. The van der Waals surface area contributed by atoms with Crippen molar-refractivity contribution in [1.29, 1.82) is 0 Å². The van der Waals surface area contributed by atoms with E-state index >= 15 is 0 Å². The molecule has 1 saturated heterocycles. The summed E-state index contributed by atoms with van der Waals surface area (Å²) in [4.78, 5) is 0. The molecule has 1 aliphatic heterocycles. The molecule has 0 bridgehead atoms. The van der Waals surface area contributed by atoms with Gasteiger partial charge in [-0.05, 0) is 30.7 Å². The van der Waals surface area contributed by atoms with Crippen molar-refractivity contribution in [2.75, 3.05) is 26.4 Å². The molecule has 0 aromatic heterocycles. The zero-order chi connectivity index (χ0) is 13.7. The van der Waals surface area contributed by atoms with E-state index in [1.54, 1.807) is 6.07 Å². The van der Waals surface area contributed by atoms with Gasteiger partial charge in [0.1, 0.15) is 0 Å². The van der Waals surface area contributed by atoms with Crippen LogP contribution in [0.3, 0.4) is 0 Å². The lowest BCUT2D eigenvalue weighted by Crippen LogP contribution is -2.47. The fraction of sp³-hybridized carbons (Fsp3) is 0.571. The van der Waals surface area contributed by atoms with Crippen LogP contribution in [0.5, 0.6) is 0 Å². The molecule has 0 radical (unpaired) electrons. The molecule has 2 unspecified atom stereocenters. The first-order valence-electron chi connectivity index (χ1n) is 6.57. The number of benzene rings is 1. The van der Waals surface area contributed by atoms with Gasteiger partial charge in [-0.1, -0.05) is 13.0 Å². The van der Waals surface area contributed by atoms with Crippen LogP contribution in [0.4, 0.5) is 8.78 Å². The minimum absolute atomic E-state index is 0.0372. The first-order chi connectivity index (χ1) is 9.20. The lowest BCUT2D eigenvalue weighted by Gasteiger charge is -2.31. The summed E-state index contributed by atoms with van der Waals surface area (Å²) in [5.41, 5.74) is 0.749. The third kappa shape index (κ3) is 3.96. The maximum atomic E-state index is 13.2. The van der Waals surface area contributed by atoms with Crippen LogP contribution in [0.15, 0.2) is 18.2 Å². The fourth-order valence-electron chi connectivity index (χ4n) is 2.26. The Morgan fingerprint density at radius 2 is 2.16 bits per heavy atom. The van der Waals surface area contributed by atoms with E-state index in [-0.39, 0.29) is 12.1 Å². The zero-order valence-electron chi connectivity index (χ0n) is 11.0. The molecule has 1 aromatic rings. The smallest absolute Gasteiger partial charge is 0.159 e. The molecular formula is C14H19F2NO2. The summed E-state index contributed by atoms with van der Waals surface area (Å²) in [6.45, 7) is 4.50. The van der Waals surface area contributed by atoms with Gasteiger partial charge in [0.05, 0.1) is 25.9 Å². The maximum Gasteiger partial charge on any atom is 0.159 e. The number of hydrogen-bond donors (Lipinski definition) is 1. The molecular weight excluding hydrogens is 252 g/mol. The molecule has 3 nitrogen and oxygen atoms in total. The highest BCUT2D eigenvalue weighted by molar-refractivity contribution is 5.19. The predicted octanol–water partition coefficient (Wildman–Crippen LogP) is 1.90. The van der Waals surface area contributed by atoms with Crippen molar-refractivity contribution in [2.45, 2.75) is 25.5 Å². The second-order valence-corrected chi connectivity index (χ2v) is 4.60. The minimum atomic E-state index is -0.819. The molecule has 106 valence electrons. The fourth-order valence-corrected chi connectivity index (χ4v) is 2.26. The van der Waals surface area contributed by atoms with E-state index < -0.39 is 11.6 Å². The third-order valence-corrected chi connectivity index (χ3v) is 3.20. The van der Waals surface area contributed by atoms with Gasteiger partial charge >= 0.3 is 0 Å². The molecule has 0 spiro atoms. The summed E-state index contributed by atoms with van der Waals surface area (Å²) < 4.78 is 37.2. The summed E-state index contributed by atoms with van der Waals surface area (Å²) in [6.07, 6.45) is 0.529. The van der Waals surface area contributed by atoms with Crippen LogP contribution in [0, 0.1) is 11.6 Å². The monoisotopic (exact) mass is 271 g/mol. The van der Waals surface area contributed by atoms with Gasteiger partial charge in [-0.2, -0.15) is 0 Å². The van der Waals surface area contributed by atoms with Gasteiger partial charge in [0.2, 0.25) is 0 Å². The van der Waals surface area contributed by atoms with Crippen LogP contribution in [0.25, 0.3) is 0 Å².